The molecule has 0 bridgehead atoms. The lowest BCUT2D eigenvalue weighted by molar-refractivity contribution is 0.559. The Labute approximate surface area is 155 Å². The predicted molar refractivity (Wildman–Crippen MR) is 105 cm³/mol. The molecule has 0 unspecified atom stereocenters. The van der Waals surface area contributed by atoms with Crippen LogP contribution in [-0.2, 0) is 13.1 Å². The molecule has 0 saturated carbocycles. The average molecular weight is 377 g/mol. The average Bonchev–Trinajstić information content (AvgIpc) is 2.87. The first kappa shape index (κ1) is 18.0. The van der Waals surface area contributed by atoms with Crippen LogP contribution in [0.2, 0.25) is 5.02 Å². The molecule has 2 aromatic heterocycles. The second-order valence-electron chi connectivity index (χ2n) is 6.27. The largest absolute Gasteiger partial charge is 0.332 e. The number of rotatable bonds is 5. The Morgan fingerprint density at radius 3 is 2.60 bits per heavy atom. The van der Waals surface area contributed by atoms with Gasteiger partial charge in [0.1, 0.15) is 4.83 Å². The summed E-state index contributed by atoms with van der Waals surface area (Å²) in [5.41, 5.74) is 1.50. The van der Waals surface area contributed by atoms with Gasteiger partial charge < -0.3 is 0 Å². The molecular weight excluding hydrogens is 356 g/mol. The maximum absolute atomic E-state index is 13.0. The number of halogens is 1. The summed E-state index contributed by atoms with van der Waals surface area (Å²) in [5.74, 6) is 0. The highest BCUT2D eigenvalue weighted by Crippen LogP contribution is 2.27. The Balaban J connectivity index is 2.27. The molecule has 0 N–H and O–H groups in total. The third kappa shape index (κ3) is 3.31. The first-order valence-electron chi connectivity index (χ1n) is 8.41. The van der Waals surface area contributed by atoms with Crippen LogP contribution in [0.25, 0.3) is 10.2 Å². The smallest absolute Gasteiger partial charge is 0.280 e. The van der Waals surface area contributed by atoms with E-state index in [9.17, 15) is 9.59 Å². The van der Waals surface area contributed by atoms with Gasteiger partial charge in [0.15, 0.2) is 0 Å². The summed E-state index contributed by atoms with van der Waals surface area (Å²) in [6.45, 7) is 6.85. The minimum absolute atomic E-state index is 0.169. The van der Waals surface area contributed by atoms with Gasteiger partial charge in [-0.05, 0) is 43.5 Å². The van der Waals surface area contributed by atoms with Gasteiger partial charge in [0.2, 0.25) is 0 Å². The molecule has 3 aromatic rings. The van der Waals surface area contributed by atoms with Crippen LogP contribution in [0.1, 0.15) is 35.8 Å². The van der Waals surface area contributed by atoms with Gasteiger partial charge in [0.25, 0.3) is 5.56 Å². The number of hydrogen-bond donors (Lipinski definition) is 0. The van der Waals surface area contributed by atoms with Crippen molar-refractivity contribution in [1.82, 2.24) is 9.13 Å². The molecule has 1 aromatic carbocycles. The third-order valence-corrected chi connectivity index (χ3v) is 5.96. The number of hydrogen-bond acceptors (Lipinski definition) is 3. The molecule has 0 atom stereocenters. The molecule has 0 fully saturated rings. The molecule has 132 valence electrons. The van der Waals surface area contributed by atoms with Gasteiger partial charge in [-0.1, -0.05) is 37.1 Å². The summed E-state index contributed by atoms with van der Waals surface area (Å²) in [4.78, 5) is 27.7. The number of aryl methyl sites for hydroxylation is 2. The molecule has 2 heterocycles. The Kier molecular flexibility index (Phi) is 5.16. The van der Waals surface area contributed by atoms with Crippen molar-refractivity contribution < 1.29 is 0 Å². The van der Waals surface area contributed by atoms with Crippen molar-refractivity contribution in [3.8, 4) is 0 Å². The van der Waals surface area contributed by atoms with E-state index < -0.39 is 0 Å². The maximum atomic E-state index is 13.0. The van der Waals surface area contributed by atoms with Crippen LogP contribution in [0.15, 0.2) is 33.9 Å². The molecule has 3 rings (SSSR count). The molecule has 0 aliphatic carbocycles. The number of nitrogens with zero attached hydrogens (tertiary/aromatic N) is 2. The fourth-order valence-corrected chi connectivity index (χ4v) is 4.33. The number of unbranched alkanes of at least 4 members (excludes halogenated alkanes) is 1. The molecule has 25 heavy (non-hydrogen) atoms. The Hall–Kier alpha value is -1.85. The van der Waals surface area contributed by atoms with Crippen molar-refractivity contribution in [2.75, 3.05) is 0 Å². The minimum atomic E-state index is -0.243. The van der Waals surface area contributed by atoms with Crippen LogP contribution in [0.4, 0.5) is 0 Å². The highest BCUT2D eigenvalue weighted by atomic mass is 35.5. The van der Waals surface area contributed by atoms with Gasteiger partial charge in [-0.25, -0.2) is 4.79 Å². The van der Waals surface area contributed by atoms with Crippen molar-refractivity contribution in [2.45, 2.75) is 46.7 Å². The van der Waals surface area contributed by atoms with Crippen LogP contribution in [0.3, 0.4) is 0 Å². The first-order valence-corrected chi connectivity index (χ1v) is 9.61. The molecular formula is C19H21ClN2O2S. The maximum Gasteiger partial charge on any atom is 0.332 e. The van der Waals surface area contributed by atoms with Crippen molar-refractivity contribution in [3.05, 3.63) is 66.1 Å². The van der Waals surface area contributed by atoms with Gasteiger partial charge in [-0.15, -0.1) is 11.3 Å². The van der Waals surface area contributed by atoms with E-state index in [-0.39, 0.29) is 11.2 Å². The normalized spacial score (nSPS) is 11.4. The van der Waals surface area contributed by atoms with E-state index >= 15 is 0 Å². The monoisotopic (exact) mass is 376 g/mol. The highest BCUT2D eigenvalue weighted by molar-refractivity contribution is 7.18. The Bertz CT molecular complexity index is 1050. The zero-order valence-electron chi connectivity index (χ0n) is 14.6. The fourth-order valence-electron chi connectivity index (χ4n) is 2.98. The van der Waals surface area contributed by atoms with Gasteiger partial charge in [-0.3, -0.25) is 13.9 Å². The number of thiophene rings is 1. The van der Waals surface area contributed by atoms with E-state index in [2.05, 4.69) is 0 Å². The summed E-state index contributed by atoms with van der Waals surface area (Å²) >= 11 is 7.59. The number of benzene rings is 1. The van der Waals surface area contributed by atoms with Crippen LogP contribution in [0, 0.1) is 13.8 Å². The molecule has 0 saturated heterocycles. The van der Waals surface area contributed by atoms with Gasteiger partial charge in [-0.2, -0.15) is 0 Å². The molecule has 0 radical (unpaired) electrons. The zero-order chi connectivity index (χ0) is 18.1. The first-order chi connectivity index (χ1) is 11.9. The quantitative estimate of drug-likeness (QED) is 0.664. The minimum Gasteiger partial charge on any atom is -0.280 e. The van der Waals surface area contributed by atoms with E-state index in [0.717, 1.165) is 33.7 Å². The summed E-state index contributed by atoms with van der Waals surface area (Å²) < 4.78 is 3.10. The molecule has 0 amide bonds. The van der Waals surface area contributed by atoms with Crippen LogP contribution >= 0.6 is 22.9 Å². The van der Waals surface area contributed by atoms with Crippen LogP contribution in [-0.4, -0.2) is 9.13 Å². The van der Waals surface area contributed by atoms with E-state index in [0.29, 0.717) is 23.5 Å². The summed E-state index contributed by atoms with van der Waals surface area (Å²) in [7, 11) is 0. The van der Waals surface area contributed by atoms with E-state index in [4.69, 9.17) is 11.6 Å². The SMILES string of the molecule is CCCCn1c(=O)c2c(C)c(C)sc2n(Cc2cccc(Cl)c2)c1=O. The van der Waals surface area contributed by atoms with Crippen LogP contribution < -0.4 is 11.2 Å². The third-order valence-electron chi connectivity index (χ3n) is 4.50. The number of aromatic nitrogens is 2. The summed E-state index contributed by atoms with van der Waals surface area (Å²) in [5, 5.41) is 1.31. The molecule has 0 spiro atoms. The van der Waals surface area contributed by atoms with E-state index in [1.54, 1.807) is 4.57 Å². The van der Waals surface area contributed by atoms with Crippen molar-refractivity contribution in [2.24, 2.45) is 0 Å². The lowest BCUT2D eigenvalue weighted by Crippen LogP contribution is -2.40. The van der Waals surface area contributed by atoms with Gasteiger partial charge in [0, 0.05) is 16.4 Å². The lowest BCUT2D eigenvalue weighted by atomic mass is 10.2. The Morgan fingerprint density at radius 2 is 1.92 bits per heavy atom. The second kappa shape index (κ2) is 7.18. The summed E-state index contributed by atoms with van der Waals surface area (Å²) in [6.07, 6.45) is 1.74. The zero-order valence-corrected chi connectivity index (χ0v) is 16.2. The standard InChI is InChI=1S/C19H21ClN2O2S/c1-4-5-9-21-17(23)16-12(2)13(3)25-18(16)22(19(21)24)11-14-7-6-8-15(20)10-14/h6-8,10H,4-5,9,11H2,1-3H3. The molecule has 0 aliphatic heterocycles. The second-order valence-corrected chi connectivity index (χ2v) is 7.91. The topological polar surface area (TPSA) is 44.0 Å². The lowest BCUT2D eigenvalue weighted by Gasteiger charge is -2.12. The van der Waals surface area contributed by atoms with Crippen molar-refractivity contribution in [3.63, 3.8) is 0 Å². The number of fused-ring (bicyclic) bond motifs is 1. The van der Waals surface area contributed by atoms with Gasteiger partial charge in [0.05, 0.1) is 11.9 Å². The molecule has 6 heteroatoms. The molecule has 4 nitrogen and oxygen atoms in total. The Morgan fingerprint density at radius 1 is 1.16 bits per heavy atom. The highest BCUT2D eigenvalue weighted by Gasteiger charge is 2.18. The van der Waals surface area contributed by atoms with Crippen molar-refractivity contribution in [1.29, 1.82) is 0 Å². The molecule has 0 aliphatic rings. The van der Waals surface area contributed by atoms with Crippen molar-refractivity contribution >= 4 is 33.2 Å². The summed E-state index contributed by atoms with van der Waals surface area (Å²) in [6, 6.07) is 7.48. The predicted octanol–water partition coefficient (Wildman–Crippen LogP) is 4.34. The van der Waals surface area contributed by atoms with Gasteiger partial charge >= 0.3 is 5.69 Å². The fraction of sp³-hybridized carbons (Fsp3) is 0.368. The van der Waals surface area contributed by atoms with E-state index in [1.807, 2.05) is 45.0 Å². The van der Waals surface area contributed by atoms with Crippen LogP contribution in [0.5, 0.6) is 0 Å². The van der Waals surface area contributed by atoms with E-state index in [1.165, 1.54) is 15.9 Å².